The van der Waals surface area contributed by atoms with Gasteiger partial charge in [0.15, 0.2) is 0 Å². The Labute approximate surface area is 83.3 Å². The first kappa shape index (κ1) is 10.4. The monoisotopic (exact) mass is 192 g/mol. The van der Waals surface area contributed by atoms with Crippen LogP contribution in [0.1, 0.15) is 5.56 Å². The zero-order chi connectivity index (χ0) is 10.4. The molecular weight excluding hydrogens is 180 g/mol. The minimum Gasteiger partial charge on any atom is -0.497 e. The highest BCUT2D eigenvalue weighted by atomic mass is 16.5. The van der Waals surface area contributed by atoms with Gasteiger partial charge in [0, 0.05) is 6.07 Å². The first-order chi connectivity index (χ1) is 6.81. The van der Waals surface area contributed by atoms with Crippen LogP contribution in [0.2, 0.25) is 0 Å². The Balaban J connectivity index is 3.05. The number of benzene rings is 1. The van der Waals surface area contributed by atoms with E-state index in [-0.39, 0.29) is 6.61 Å². The number of hydrogen-bond acceptors (Lipinski definition) is 3. The lowest BCUT2D eigenvalue weighted by molar-refractivity contribution is 0.350. The summed E-state index contributed by atoms with van der Waals surface area (Å²) < 4.78 is 10.2. The third kappa shape index (κ3) is 2.41. The summed E-state index contributed by atoms with van der Waals surface area (Å²) in [5, 5.41) is 8.55. The summed E-state index contributed by atoms with van der Waals surface area (Å²) in [5.74, 6) is 6.71. The van der Waals surface area contributed by atoms with Crippen LogP contribution in [-0.4, -0.2) is 25.9 Å². The first-order valence-electron chi connectivity index (χ1n) is 4.13. The molecule has 0 amide bonds. The maximum atomic E-state index is 8.55. The van der Waals surface area contributed by atoms with Gasteiger partial charge in [0.2, 0.25) is 0 Å². The number of aliphatic hydroxyl groups excluding tert-OH is 1. The lowest BCUT2D eigenvalue weighted by Gasteiger charge is -2.05. The van der Waals surface area contributed by atoms with Crippen LogP contribution in [-0.2, 0) is 0 Å². The van der Waals surface area contributed by atoms with Crippen molar-refractivity contribution in [3.05, 3.63) is 23.8 Å². The summed E-state index contributed by atoms with van der Waals surface area (Å²) in [6.45, 7) is -0.158. The Morgan fingerprint density at radius 1 is 1.29 bits per heavy atom. The summed E-state index contributed by atoms with van der Waals surface area (Å²) >= 11 is 0. The molecule has 14 heavy (non-hydrogen) atoms. The number of hydrogen-bond donors (Lipinski definition) is 1. The Hall–Kier alpha value is -1.66. The van der Waals surface area contributed by atoms with Gasteiger partial charge < -0.3 is 14.6 Å². The van der Waals surface area contributed by atoms with E-state index in [0.29, 0.717) is 5.75 Å². The third-order valence-corrected chi connectivity index (χ3v) is 1.71. The van der Waals surface area contributed by atoms with E-state index >= 15 is 0 Å². The Kier molecular flexibility index (Phi) is 3.84. The zero-order valence-corrected chi connectivity index (χ0v) is 8.20. The van der Waals surface area contributed by atoms with Crippen molar-refractivity contribution < 1.29 is 14.6 Å². The molecule has 0 atom stereocenters. The van der Waals surface area contributed by atoms with Gasteiger partial charge in [0.1, 0.15) is 18.1 Å². The van der Waals surface area contributed by atoms with Crippen LogP contribution in [0.4, 0.5) is 0 Å². The molecule has 3 nitrogen and oxygen atoms in total. The zero-order valence-electron chi connectivity index (χ0n) is 8.20. The number of aliphatic hydroxyl groups is 1. The standard InChI is InChI=1S/C11H12O3/c1-13-10-6-5-9(4-3-7-12)11(8-10)14-2/h5-6,8,12H,7H2,1-2H3. The minimum atomic E-state index is -0.158. The van der Waals surface area contributed by atoms with Gasteiger partial charge in [-0.2, -0.15) is 0 Å². The molecule has 0 fully saturated rings. The SMILES string of the molecule is COc1ccc(C#CCO)c(OC)c1. The van der Waals surface area contributed by atoms with E-state index in [2.05, 4.69) is 11.8 Å². The summed E-state index contributed by atoms with van der Waals surface area (Å²) in [6.07, 6.45) is 0. The van der Waals surface area contributed by atoms with E-state index in [0.717, 1.165) is 11.3 Å². The van der Waals surface area contributed by atoms with Gasteiger partial charge >= 0.3 is 0 Å². The van der Waals surface area contributed by atoms with Crippen molar-refractivity contribution in [2.45, 2.75) is 0 Å². The number of ether oxygens (including phenoxy) is 2. The second-order valence-electron chi connectivity index (χ2n) is 2.53. The van der Waals surface area contributed by atoms with E-state index < -0.39 is 0 Å². The molecule has 0 aliphatic heterocycles. The molecule has 74 valence electrons. The molecule has 1 aromatic rings. The third-order valence-electron chi connectivity index (χ3n) is 1.71. The van der Waals surface area contributed by atoms with Gasteiger partial charge in [-0.3, -0.25) is 0 Å². The average molecular weight is 192 g/mol. The van der Waals surface area contributed by atoms with E-state index in [4.69, 9.17) is 14.6 Å². The fourth-order valence-corrected chi connectivity index (χ4v) is 1.04. The Morgan fingerprint density at radius 2 is 2.07 bits per heavy atom. The number of methoxy groups -OCH3 is 2. The molecule has 0 radical (unpaired) electrons. The van der Waals surface area contributed by atoms with Crippen molar-refractivity contribution in [2.24, 2.45) is 0 Å². The highest BCUT2D eigenvalue weighted by Crippen LogP contribution is 2.23. The summed E-state index contributed by atoms with van der Waals surface area (Å²) in [7, 11) is 3.16. The van der Waals surface area contributed by atoms with Crippen molar-refractivity contribution in [3.63, 3.8) is 0 Å². The van der Waals surface area contributed by atoms with Crippen LogP contribution in [0.15, 0.2) is 18.2 Å². The van der Waals surface area contributed by atoms with Crippen molar-refractivity contribution in [3.8, 4) is 23.3 Å². The molecular formula is C11H12O3. The van der Waals surface area contributed by atoms with Crippen molar-refractivity contribution in [1.82, 2.24) is 0 Å². The smallest absolute Gasteiger partial charge is 0.138 e. The van der Waals surface area contributed by atoms with E-state index in [1.54, 1.807) is 32.4 Å². The molecule has 0 aliphatic rings. The molecule has 1 rings (SSSR count). The largest absolute Gasteiger partial charge is 0.497 e. The van der Waals surface area contributed by atoms with Gasteiger partial charge in [-0.25, -0.2) is 0 Å². The van der Waals surface area contributed by atoms with Crippen molar-refractivity contribution in [2.75, 3.05) is 20.8 Å². The van der Waals surface area contributed by atoms with Gasteiger partial charge in [0.05, 0.1) is 19.8 Å². The first-order valence-corrected chi connectivity index (χ1v) is 4.13. The molecule has 1 N–H and O–H groups in total. The second kappa shape index (κ2) is 5.15. The molecule has 1 aromatic carbocycles. The molecule has 0 aromatic heterocycles. The van der Waals surface area contributed by atoms with Crippen LogP contribution in [0.25, 0.3) is 0 Å². The van der Waals surface area contributed by atoms with Gasteiger partial charge in [-0.15, -0.1) is 0 Å². The normalized spacial score (nSPS) is 8.79. The number of rotatable bonds is 2. The lowest BCUT2D eigenvalue weighted by Crippen LogP contribution is -1.90. The van der Waals surface area contributed by atoms with Crippen LogP contribution in [0.3, 0.4) is 0 Å². The van der Waals surface area contributed by atoms with Crippen molar-refractivity contribution in [1.29, 1.82) is 0 Å². The van der Waals surface area contributed by atoms with E-state index in [1.807, 2.05) is 0 Å². The predicted molar refractivity (Wildman–Crippen MR) is 53.5 cm³/mol. The summed E-state index contributed by atoms with van der Waals surface area (Å²) in [4.78, 5) is 0. The summed E-state index contributed by atoms with van der Waals surface area (Å²) in [6, 6.07) is 5.34. The highest BCUT2D eigenvalue weighted by Gasteiger charge is 2.01. The molecule has 0 saturated carbocycles. The van der Waals surface area contributed by atoms with E-state index in [1.165, 1.54) is 0 Å². The Morgan fingerprint density at radius 3 is 2.64 bits per heavy atom. The highest BCUT2D eigenvalue weighted by molar-refractivity contribution is 5.49. The average Bonchev–Trinajstić information content (AvgIpc) is 2.26. The Bertz CT molecular complexity index is 361. The molecule has 0 saturated heterocycles. The van der Waals surface area contributed by atoms with Gasteiger partial charge in [-0.1, -0.05) is 11.8 Å². The molecule has 0 spiro atoms. The van der Waals surface area contributed by atoms with Crippen molar-refractivity contribution >= 4 is 0 Å². The molecule has 0 unspecified atom stereocenters. The van der Waals surface area contributed by atoms with Crippen LogP contribution >= 0.6 is 0 Å². The molecule has 0 aliphatic carbocycles. The van der Waals surface area contributed by atoms with Gasteiger partial charge in [0.25, 0.3) is 0 Å². The molecule has 0 bridgehead atoms. The summed E-state index contributed by atoms with van der Waals surface area (Å²) in [5.41, 5.74) is 0.738. The predicted octanol–water partition coefficient (Wildman–Crippen LogP) is 1.05. The quantitative estimate of drug-likeness (QED) is 0.712. The fourth-order valence-electron chi connectivity index (χ4n) is 1.04. The maximum absolute atomic E-state index is 8.55. The van der Waals surface area contributed by atoms with Crippen LogP contribution in [0.5, 0.6) is 11.5 Å². The molecule has 3 heteroatoms. The van der Waals surface area contributed by atoms with Crippen LogP contribution in [0, 0.1) is 11.8 Å². The fraction of sp³-hybridized carbons (Fsp3) is 0.273. The lowest BCUT2D eigenvalue weighted by atomic mass is 10.2. The van der Waals surface area contributed by atoms with E-state index in [9.17, 15) is 0 Å². The van der Waals surface area contributed by atoms with Gasteiger partial charge in [-0.05, 0) is 12.1 Å². The topological polar surface area (TPSA) is 38.7 Å². The maximum Gasteiger partial charge on any atom is 0.138 e. The molecule has 0 heterocycles. The second-order valence-corrected chi connectivity index (χ2v) is 2.53. The minimum absolute atomic E-state index is 0.158. The van der Waals surface area contributed by atoms with Crippen LogP contribution < -0.4 is 9.47 Å².